The van der Waals surface area contributed by atoms with Gasteiger partial charge in [0.2, 0.25) is 5.91 Å². The second kappa shape index (κ2) is 7.93. The molecule has 0 unspecified atom stereocenters. The molecule has 0 saturated carbocycles. The van der Waals surface area contributed by atoms with Crippen LogP contribution in [0.3, 0.4) is 0 Å². The van der Waals surface area contributed by atoms with Gasteiger partial charge in [-0.05, 0) is 30.8 Å². The van der Waals surface area contributed by atoms with Crippen LogP contribution in [0.5, 0.6) is 0 Å². The molecule has 3 N–H and O–H groups in total. The highest BCUT2D eigenvalue weighted by Crippen LogP contribution is 2.23. The molecule has 23 heavy (non-hydrogen) atoms. The highest BCUT2D eigenvalue weighted by Gasteiger charge is 2.28. The number of sulfone groups is 1. The maximum atomic E-state index is 13.4. The van der Waals surface area contributed by atoms with Crippen molar-refractivity contribution in [1.29, 1.82) is 0 Å². The number of hydrazine groups is 1. The van der Waals surface area contributed by atoms with Crippen LogP contribution in [0, 0.1) is 5.82 Å². The van der Waals surface area contributed by atoms with Gasteiger partial charge in [-0.2, -0.15) is 0 Å². The van der Waals surface area contributed by atoms with E-state index >= 15 is 0 Å². The molecule has 1 atom stereocenters. The van der Waals surface area contributed by atoms with Crippen LogP contribution in [-0.4, -0.2) is 41.9 Å². The second-order valence-corrected chi connectivity index (χ2v) is 8.87. The zero-order valence-corrected chi connectivity index (χ0v) is 14.5. The Bertz CT molecular complexity index is 697. The van der Waals surface area contributed by atoms with Crippen LogP contribution in [0.15, 0.2) is 24.3 Å². The predicted octanol–water partition coefficient (Wildman–Crippen LogP) is 1.06. The SMILES string of the molecule is O=C(CS[C@@H]1CCS(=O)(=O)C1)NNC(=S)Nc1ccccc1F. The van der Waals surface area contributed by atoms with Crippen molar-refractivity contribution in [2.45, 2.75) is 11.7 Å². The topological polar surface area (TPSA) is 87.3 Å². The van der Waals surface area contributed by atoms with Crippen LogP contribution in [0.4, 0.5) is 10.1 Å². The number of para-hydroxylation sites is 1. The Hall–Kier alpha value is -1.39. The Kier molecular flexibility index (Phi) is 6.19. The van der Waals surface area contributed by atoms with E-state index in [2.05, 4.69) is 16.2 Å². The van der Waals surface area contributed by atoms with E-state index in [-0.39, 0.29) is 39.2 Å². The van der Waals surface area contributed by atoms with E-state index in [1.165, 1.54) is 23.9 Å². The van der Waals surface area contributed by atoms with Crippen LogP contribution in [0.2, 0.25) is 0 Å². The fourth-order valence-electron chi connectivity index (χ4n) is 1.96. The smallest absolute Gasteiger partial charge is 0.248 e. The standard InChI is InChI=1S/C13H16FN3O3S3/c14-10-3-1-2-4-11(10)15-13(21)17-16-12(18)7-22-9-5-6-23(19,20)8-9/h1-4,9H,5-8H2,(H,16,18)(H2,15,17,21)/t9-/m1/s1. The molecule has 2 rings (SSSR count). The zero-order chi connectivity index (χ0) is 16.9. The van der Waals surface area contributed by atoms with Gasteiger partial charge in [-0.1, -0.05) is 12.1 Å². The van der Waals surface area contributed by atoms with Crippen molar-refractivity contribution in [3.8, 4) is 0 Å². The maximum Gasteiger partial charge on any atom is 0.248 e. The Morgan fingerprint density at radius 2 is 2.09 bits per heavy atom. The number of rotatable bonds is 4. The highest BCUT2D eigenvalue weighted by atomic mass is 32.2. The van der Waals surface area contributed by atoms with E-state index in [4.69, 9.17) is 12.2 Å². The van der Waals surface area contributed by atoms with Gasteiger partial charge >= 0.3 is 0 Å². The van der Waals surface area contributed by atoms with Gasteiger partial charge in [0.25, 0.3) is 0 Å². The molecule has 1 saturated heterocycles. The molecule has 0 aliphatic carbocycles. The molecule has 0 bridgehead atoms. The third kappa shape index (κ3) is 5.96. The fourth-order valence-corrected chi connectivity index (χ4v) is 5.57. The summed E-state index contributed by atoms with van der Waals surface area (Å²) in [6, 6.07) is 6.01. The summed E-state index contributed by atoms with van der Waals surface area (Å²) >= 11 is 6.24. The number of amides is 1. The molecule has 10 heteroatoms. The Labute approximate surface area is 143 Å². The first kappa shape index (κ1) is 18.0. The van der Waals surface area contributed by atoms with Gasteiger partial charge in [0.15, 0.2) is 14.9 Å². The summed E-state index contributed by atoms with van der Waals surface area (Å²) in [6.07, 6.45) is 0.570. The number of hydrogen-bond donors (Lipinski definition) is 3. The number of thiocarbonyl (C=S) groups is 1. The molecular formula is C13H16FN3O3S3. The molecule has 1 amide bonds. The van der Waals surface area contributed by atoms with Gasteiger partial charge < -0.3 is 5.32 Å². The number of benzene rings is 1. The molecule has 0 spiro atoms. The number of thioether (sulfide) groups is 1. The molecular weight excluding hydrogens is 361 g/mol. The Balaban J connectivity index is 1.68. The monoisotopic (exact) mass is 377 g/mol. The van der Waals surface area contributed by atoms with E-state index < -0.39 is 15.7 Å². The van der Waals surface area contributed by atoms with Crippen LogP contribution in [0.25, 0.3) is 0 Å². The summed E-state index contributed by atoms with van der Waals surface area (Å²) in [5, 5.41) is 2.62. The zero-order valence-electron chi connectivity index (χ0n) is 12.0. The van der Waals surface area contributed by atoms with Crippen molar-refractivity contribution in [1.82, 2.24) is 10.9 Å². The van der Waals surface area contributed by atoms with Gasteiger partial charge in [-0.3, -0.25) is 15.6 Å². The third-order valence-electron chi connectivity index (χ3n) is 3.08. The molecule has 1 heterocycles. The minimum atomic E-state index is -2.94. The first-order valence-corrected chi connectivity index (χ1v) is 10.1. The molecule has 1 aromatic carbocycles. The molecule has 126 valence electrons. The Morgan fingerprint density at radius 1 is 1.35 bits per heavy atom. The average molecular weight is 377 g/mol. The van der Waals surface area contributed by atoms with Crippen molar-refractivity contribution in [2.24, 2.45) is 0 Å². The summed E-state index contributed by atoms with van der Waals surface area (Å²) in [5.41, 5.74) is 5.05. The number of anilines is 1. The van der Waals surface area contributed by atoms with Gasteiger partial charge in [-0.15, -0.1) is 11.8 Å². The number of hydrogen-bond acceptors (Lipinski definition) is 5. The summed E-state index contributed by atoms with van der Waals surface area (Å²) in [4.78, 5) is 11.7. The molecule has 0 radical (unpaired) electrons. The minimum absolute atomic E-state index is 0.0470. The van der Waals surface area contributed by atoms with Gasteiger partial charge in [0, 0.05) is 5.25 Å². The molecule has 6 nitrogen and oxygen atoms in total. The summed E-state index contributed by atoms with van der Waals surface area (Å²) in [7, 11) is -2.94. The van der Waals surface area contributed by atoms with Crippen molar-refractivity contribution < 1.29 is 17.6 Å². The predicted molar refractivity (Wildman–Crippen MR) is 93.4 cm³/mol. The third-order valence-corrected chi connectivity index (χ3v) is 6.56. The summed E-state index contributed by atoms with van der Waals surface area (Å²) in [6.45, 7) is 0. The van der Waals surface area contributed by atoms with E-state index in [0.29, 0.717) is 6.42 Å². The van der Waals surface area contributed by atoms with E-state index in [1.807, 2.05) is 0 Å². The highest BCUT2D eigenvalue weighted by molar-refractivity contribution is 8.02. The molecule has 1 aliphatic rings. The van der Waals surface area contributed by atoms with E-state index in [0.717, 1.165) is 0 Å². The minimum Gasteiger partial charge on any atom is -0.329 e. The number of halogens is 1. The summed E-state index contributed by atoms with van der Waals surface area (Å²) in [5.74, 6) is -0.375. The Morgan fingerprint density at radius 3 is 2.74 bits per heavy atom. The quantitative estimate of drug-likeness (QED) is 0.534. The average Bonchev–Trinajstić information content (AvgIpc) is 2.85. The largest absolute Gasteiger partial charge is 0.329 e. The lowest BCUT2D eigenvalue weighted by molar-refractivity contribution is -0.119. The summed E-state index contributed by atoms with van der Waals surface area (Å²) < 4.78 is 36.1. The fraction of sp³-hybridized carbons (Fsp3) is 0.385. The number of nitrogens with one attached hydrogen (secondary N) is 3. The van der Waals surface area contributed by atoms with Crippen LogP contribution in [-0.2, 0) is 14.6 Å². The lowest BCUT2D eigenvalue weighted by Gasteiger charge is -2.12. The molecule has 1 aromatic rings. The van der Waals surface area contributed by atoms with E-state index in [9.17, 15) is 17.6 Å². The number of carbonyl (C=O) groups excluding carboxylic acids is 1. The molecule has 1 fully saturated rings. The van der Waals surface area contributed by atoms with Gasteiger partial charge in [0.1, 0.15) is 5.82 Å². The lowest BCUT2D eigenvalue weighted by atomic mass is 10.3. The normalized spacial score (nSPS) is 19.1. The number of carbonyl (C=O) groups is 1. The van der Waals surface area contributed by atoms with Crippen molar-refractivity contribution in [3.05, 3.63) is 30.1 Å². The van der Waals surface area contributed by atoms with Crippen LogP contribution < -0.4 is 16.2 Å². The second-order valence-electron chi connectivity index (χ2n) is 4.94. The van der Waals surface area contributed by atoms with Gasteiger partial charge in [-0.25, -0.2) is 12.8 Å². The molecule has 0 aromatic heterocycles. The van der Waals surface area contributed by atoms with Crippen molar-refractivity contribution in [2.75, 3.05) is 22.6 Å². The van der Waals surface area contributed by atoms with Crippen LogP contribution >= 0.6 is 24.0 Å². The van der Waals surface area contributed by atoms with Gasteiger partial charge in [0.05, 0.1) is 22.9 Å². The van der Waals surface area contributed by atoms with Crippen molar-refractivity contribution >= 4 is 50.5 Å². The van der Waals surface area contributed by atoms with Crippen molar-refractivity contribution in [3.63, 3.8) is 0 Å². The molecule has 1 aliphatic heterocycles. The maximum absolute atomic E-state index is 13.4. The lowest BCUT2D eigenvalue weighted by Crippen LogP contribution is -2.44. The first-order chi connectivity index (χ1) is 10.9. The van der Waals surface area contributed by atoms with Crippen LogP contribution in [0.1, 0.15) is 6.42 Å². The first-order valence-electron chi connectivity index (χ1n) is 6.78. The van der Waals surface area contributed by atoms with E-state index in [1.54, 1.807) is 12.1 Å².